The highest BCUT2D eigenvalue weighted by Gasteiger charge is 2.42. The van der Waals surface area contributed by atoms with Gasteiger partial charge in [0.05, 0.1) is 12.2 Å². The minimum absolute atomic E-state index is 0.000596. The molecule has 0 aromatic heterocycles. The summed E-state index contributed by atoms with van der Waals surface area (Å²) in [6.07, 6.45) is 5.10. The Morgan fingerprint density at radius 1 is 1.12 bits per heavy atom. The molecule has 248 valence electrons. The molecule has 1 fully saturated rings. The Morgan fingerprint density at radius 2 is 1.79 bits per heavy atom. The van der Waals surface area contributed by atoms with E-state index in [0.717, 1.165) is 5.57 Å². The number of cyclic esters (lactones) is 1. The number of carbonyl (C=O) groups is 2. The lowest BCUT2D eigenvalue weighted by molar-refractivity contribution is -0.282. The van der Waals surface area contributed by atoms with Crippen LogP contribution in [0.15, 0.2) is 23.8 Å². The lowest BCUT2D eigenvalue weighted by atomic mass is 9.80. The average molecular weight is 611 g/mol. The highest BCUT2D eigenvalue weighted by molar-refractivity contribution is 5.91. The van der Waals surface area contributed by atoms with Crippen molar-refractivity contribution in [2.75, 3.05) is 34.9 Å². The third-order valence-electron chi connectivity index (χ3n) is 8.98. The van der Waals surface area contributed by atoms with E-state index < -0.39 is 24.8 Å². The van der Waals surface area contributed by atoms with E-state index in [2.05, 4.69) is 0 Å². The molecular formula is C33H58N2O8. The van der Waals surface area contributed by atoms with E-state index in [0.29, 0.717) is 38.6 Å². The number of esters is 1. The van der Waals surface area contributed by atoms with Gasteiger partial charge in [0.15, 0.2) is 18.4 Å². The summed E-state index contributed by atoms with van der Waals surface area (Å²) in [7, 11) is 7.04. The molecule has 1 saturated heterocycles. The number of ether oxygens (including phenoxy) is 5. The Kier molecular flexibility index (Phi) is 16.0. The van der Waals surface area contributed by atoms with E-state index in [1.807, 2.05) is 59.7 Å². The summed E-state index contributed by atoms with van der Waals surface area (Å²) in [5, 5.41) is 11.3. The van der Waals surface area contributed by atoms with Crippen molar-refractivity contribution in [2.24, 2.45) is 29.4 Å². The first-order valence-electron chi connectivity index (χ1n) is 15.9. The van der Waals surface area contributed by atoms with Gasteiger partial charge in [0.25, 0.3) is 0 Å². The van der Waals surface area contributed by atoms with Gasteiger partial charge in [0.2, 0.25) is 0 Å². The van der Waals surface area contributed by atoms with Crippen LogP contribution in [0.4, 0.5) is 0 Å². The fourth-order valence-electron chi connectivity index (χ4n) is 6.30. The third kappa shape index (κ3) is 11.3. The molecular weight excluding hydrogens is 552 g/mol. The number of likely N-dealkylation sites (N-methyl/N-ethyl adjacent to an activating group) is 1. The van der Waals surface area contributed by atoms with Gasteiger partial charge >= 0.3 is 5.97 Å². The van der Waals surface area contributed by atoms with E-state index in [4.69, 9.17) is 29.4 Å². The molecule has 0 aromatic carbocycles. The number of nitrogens with two attached hydrogens (primary N) is 1. The minimum atomic E-state index is -0.875. The molecule has 2 aliphatic heterocycles. The molecule has 0 amide bonds. The van der Waals surface area contributed by atoms with Gasteiger partial charge in [-0.1, -0.05) is 38.5 Å². The molecule has 0 spiro atoms. The van der Waals surface area contributed by atoms with Crippen LogP contribution in [-0.2, 0) is 33.3 Å². The van der Waals surface area contributed by atoms with Gasteiger partial charge < -0.3 is 39.4 Å². The maximum absolute atomic E-state index is 13.3. The summed E-state index contributed by atoms with van der Waals surface area (Å²) < 4.78 is 30.0. The lowest BCUT2D eigenvalue weighted by Crippen LogP contribution is -2.56. The van der Waals surface area contributed by atoms with Gasteiger partial charge in [-0.15, -0.1) is 0 Å². The molecule has 43 heavy (non-hydrogen) atoms. The topological polar surface area (TPSA) is 130 Å². The second kappa shape index (κ2) is 18.3. The molecule has 2 heterocycles. The van der Waals surface area contributed by atoms with Crippen molar-refractivity contribution in [2.45, 2.75) is 116 Å². The predicted molar refractivity (Wildman–Crippen MR) is 166 cm³/mol. The first kappa shape index (κ1) is 37.5. The maximum atomic E-state index is 13.3. The quantitative estimate of drug-likeness (QED) is 0.293. The van der Waals surface area contributed by atoms with Crippen molar-refractivity contribution in [1.29, 1.82) is 0 Å². The van der Waals surface area contributed by atoms with Crippen LogP contribution >= 0.6 is 0 Å². The maximum Gasteiger partial charge on any atom is 0.306 e. The number of hydrogen-bond acceptors (Lipinski definition) is 10. The molecule has 10 atom stereocenters. The van der Waals surface area contributed by atoms with Gasteiger partial charge in [-0.25, -0.2) is 0 Å². The molecule has 10 nitrogen and oxygen atoms in total. The molecule has 0 bridgehead atoms. The highest BCUT2D eigenvalue weighted by Crippen LogP contribution is 2.35. The Labute approximate surface area is 259 Å². The number of aliphatic hydroxyl groups excluding tert-OH is 1. The van der Waals surface area contributed by atoms with Gasteiger partial charge in [0, 0.05) is 51.5 Å². The number of rotatable bonds is 9. The van der Waals surface area contributed by atoms with Crippen LogP contribution in [0.1, 0.15) is 73.1 Å². The second-order valence-electron chi connectivity index (χ2n) is 12.7. The number of methoxy groups -OCH3 is 2. The summed E-state index contributed by atoms with van der Waals surface area (Å²) in [5.74, 6) is -1.11. The van der Waals surface area contributed by atoms with Gasteiger partial charge in [-0.3, -0.25) is 9.59 Å². The van der Waals surface area contributed by atoms with E-state index in [1.54, 1.807) is 26.4 Å². The van der Waals surface area contributed by atoms with Crippen molar-refractivity contribution in [1.82, 2.24) is 4.90 Å². The SMILES string of the molecule is CC[C@H]1OC(=O)CC[C@H](C)[C@@H](OC2OC(C)CC(N(C)C)C2O)[C@@H](CC(OC)OC)C[C@@H](C)C(=O)/C=C/C(C)=C/[C@@H]1CN. The van der Waals surface area contributed by atoms with E-state index in [1.165, 1.54) is 0 Å². The van der Waals surface area contributed by atoms with Crippen LogP contribution in [0.3, 0.4) is 0 Å². The first-order valence-corrected chi connectivity index (χ1v) is 15.9. The molecule has 0 aliphatic carbocycles. The highest BCUT2D eigenvalue weighted by atomic mass is 16.7. The Morgan fingerprint density at radius 3 is 2.37 bits per heavy atom. The fraction of sp³-hybridized carbons (Fsp3) is 0.818. The predicted octanol–water partition coefficient (Wildman–Crippen LogP) is 3.85. The average Bonchev–Trinajstić information content (AvgIpc) is 2.97. The Hall–Kier alpha value is -1.66. The molecule has 2 rings (SSSR count). The van der Waals surface area contributed by atoms with Crippen molar-refractivity contribution >= 4 is 11.8 Å². The van der Waals surface area contributed by atoms with Crippen molar-refractivity contribution in [3.05, 3.63) is 23.8 Å². The summed E-state index contributed by atoms with van der Waals surface area (Å²) in [6, 6.07) is -0.141. The number of allylic oxidation sites excluding steroid dienone is 3. The monoisotopic (exact) mass is 610 g/mol. The zero-order chi connectivity index (χ0) is 32.3. The standard InChI is InChI=1S/C33H58N2O8/c1-10-28-25(19-34)15-20(2)11-13-27(36)22(4)16-24(18-30(39-8)40-9)32(21(3)12-14-29(37)42-28)43-33-31(38)26(35(6)7)17-23(5)41-33/h11,13,15,21-26,28,30-33,38H,10,12,14,16-19,34H2,1-9H3/b13-11+,20-15+/t21-,22+,23?,24+,25+,26?,28+,31?,32+,33?/m0/s1. The molecule has 0 saturated carbocycles. The van der Waals surface area contributed by atoms with Crippen LogP contribution in [-0.4, -0.2) is 99.7 Å². The van der Waals surface area contributed by atoms with Gasteiger partial charge in [-0.05, 0) is 71.5 Å². The van der Waals surface area contributed by atoms with Crippen molar-refractivity contribution in [3.63, 3.8) is 0 Å². The number of nitrogens with zero attached hydrogens (tertiary/aromatic N) is 1. The number of carbonyl (C=O) groups excluding carboxylic acids is 2. The van der Waals surface area contributed by atoms with Crippen molar-refractivity contribution < 1.29 is 38.4 Å². The number of hydrogen-bond donors (Lipinski definition) is 2. The minimum Gasteiger partial charge on any atom is -0.462 e. The second-order valence-corrected chi connectivity index (χ2v) is 12.7. The third-order valence-corrected chi connectivity index (χ3v) is 8.98. The van der Waals surface area contributed by atoms with Crippen LogP contribution in [0.5, 0.6) is 0 Å². The van der Waals surface area contributed by atoms with Crippen LogP contribution in [0.2, 0.25) is 0 Å². The van der Waals surface area contributed by atoms with Gasteiger partial charge in [-0.2, -0.15) is 0 Å². The first-order chi connectivity index (χ1) is 20.3. The zero-order valence-corrected chi connectivity index (χ0v) is 27.9. The molecule has 4 unspecified atom stereocenters. The van der Waals surface area contributed by atoms with Crippen LogP contribution < -0.4 is 5.73 Å². The lowest BCUT2D eigenvalue weighted by Gasteiger charge is -2.44. The molecule has 3 N–H and O–H groups in total. The normalized spacial score (nSPS) is 37.7. The fourth-order valence-corrected chi connectivity index (χ4v) is 6.30. The molecule has 0 aromatic rings. The molecule has 0 radical (unpaired) electrons. The smallest absolute Gasteiger partial charge is 0.306 e. The van der Waals surface area contributed by atoms with Crippen molar-refractivity contribution in [3.8, 4) is 0 Å². The summed E-state index contributed by atoms with van der Waals surface area (Å²) >= 11 is 0. The number of ketones is 1. The largest absolute Gasteiger partial charge is 0.462 e. The summed E-state index contributed by atoms with van der Waals surface area (Å²) in [6.45, 7) is 10.1. The van der Waals surface area contributed by atoms with Crippen LogP contribution in [0, 0.1) is 23.7 Å². The van der Waals surface area contributed by atoms with Gasteiger partial charge in [0.1, 0.15) is 12.2 Å². The van der Waals surface area contributed by atoms with E-state index in [9.17, 15) is 14.7 Å². The van der Waals surface area contributed by atoms with E-state index >= 15 is 0 Å². The molecule has 10 heteroatoms. The number of aliphatic hydroxyl groups is 1. The van der Waals surface area contributed by atoms with Crippen LogP contribution in [0.25, 0.3) is 0 Å². The Bertz CT molecular complexity index is 921. The zero-order valence-electron chi connectivity index (χ0n) is 27.9. The van der Waals surface area contributed by atoms with E-state index in [-0.39, 0.29) is 60.1 Å². The Balaban J connectivity index is 2.52. The molecule has 2 aliphatic rings. The summed E-state index contributed by atoms with van der Waals surface area (Å²) in [5.41, 5.74) is 6.95. The summed E-state index contributed by atoms with van der Waals surface area (Å²) in [4.78, 5) is 28.4.